The molecule has 0 spiro atoms. The van der Waals surface area contributed by atoms with Gasteiger partial charge in [0.1, 0.15) is 5.82 Å². The molecule has 28 heavy (non-hydrogen) atoms. The third-order valence-corrected chi connectivity index (χ3v) is 4.09. The molecule has 0 aliphatic heterocycles. The van der Waals surface area contributed by atoms with Crippen LogP contribution in [0.15, 0.2) is 66.7 Å². The van der Waals surface area contributed by atoms with E-state index in [9.17, 15) is 19.3 Å². The number of anilines is 1. The highest BCUT2D eigenvalue weighted by Gasteiger charge is 2.12. The quantitative estimate of drug-likeness (QED) is 0.296. The van der Waals surface area contributed by atoms with Crippen molar-refractivity contribution in [2.75, 3.05) is 5.32 Å². The SMILES string of the molecule is O=C(C=Cc1cccc2ccccc12)NC(=S)Nc1cc([N+](=O)[O-])ccc1F. The lowest BCUT2D eigenvalue weighted by atomic mass is 10.0. The second-order valence-electron chi connectivity index (χ2n) is 5.77. The minimum atomic E-state index is -0.728. The zero-order valence-corrected chi connectivity index (χ0v) is 15.2. The minimum Gasteiger partial charge on any atom is -0.330 e. The first-order chi connectivity index (χ1) is 13.4. The highest BCUT2D eigenvalue weighted by atomic mass is 32.1. The van der Waals surface area contributed by atoms with Crippen LogP contribution >= 0.6 is 12.2 Å². The van der Waals surface area contributed by atoms with E-state index in [1.54, 1.807) is 6.08 Å². The van der Waals surface area contributed by atoms with Crippen molar-refractivity contribution in [3.8, 4) is 0 Å². The van der Waals surface area contributed by atoms with Crippen LogP contribution in [0.1, 0.15) is 5.56 Å². The molecule has 0 atom stereocenters. The molecule has 0 aliphatic rings. The number of hydrogen-bond donors (Lipinski definition) is 2. The van der Waals surface area contributed by atoms with Gasteiger partial charge in [0, 0.05) is 18.2 Å². The zero-order valence-electron chi connectivity index (χ0n) is 14.4. The number of halogens is 1. The molecule has 0 aliphatic carbocycles. The number of carbonyl (C=O) groups excluding carboxylic acids is 1. The molecule has 0 bridgehead atoms. The number of carbonyl (C=O) groups is 1. The second-order valence-corrected chi connectivity index (χ2v) is 6.17. The first-order valence-corrected chi connectivity index (χ1v) is 8.56. The predicted molar refractivity (Wildman–Crippen MR) is 110 cm³/mol. The average Bonchev–Trinajstić information content (AvgIpc) is 2.67. The maximum atomic E-state index is 13.8. The largest absolute Gasteiger partial charge is 0.330 e. The number of amides is 1. The number of benzene rings is 3. The molecule has 0 radical (unpaired) electrons. The lowest BCUT2D eigenvalue weighted by molar-refractivity contribution is -0.384. The lowest BCUT2D eigenvalue weighted by Gasteiger charge is -2.09. The Balaban J connectivity index is 1.68. The van der Waals surface area contributed by atoms with Crippen LogP contribution in [-0.2, 0) is 4.79 Å². The van der Waals surface area contributed by atoms with Gasteiger partial charge < -0.3 is 5.32 Å². The Morgan fingerprint density at radius 3 is 2.64 bits per heavy atom. The molecular formula is C20H14FN3O3S. The van der Waals surface area contributed by atoms with E-state index in [2.05, 4.69) is 10.6 Å². The van der Waals surface area contributed by atoms with Crippen molar-refractivity contribution < 1.29 is 14.1 Å². The minimum absolute atomic E-state index is 0.174. The van der Waals surface area contributed by atoms with Crippen molar-refractivity contribution in [3.05, 3.63) is 88.2 Å². The predicted octanol–water partition coefficient (Wildman–Crippen LogP) is 4.41. The standard InChI is InChI=1S/C20H14FN3O3S/c21-17-10-9-15(24(26)27)12-18(17)22-20(28)23-19(25)11-8-14-6-3-5-13-4-1-2-7-16(13)14/h1-12H,(H2,22,23,25,28). The van der Waals surface area contributed by atoms with Crippen molar-refractivity contribution in [3.63, 3.8) is 0 Å². The summed E-state index contributed by atoms with van der Waals surface area (Å²) < 4.78 is 13.8. The summed E-state index contributed by atoms with van der Waals surface area (Å²) in [6, 6.07) is 16.5. The molecule has 0 fully saturated rings. The van der Waals surface area contributed by atoms with Gasteiger partial charge in [0.2, 0.25) is 5.91 Å². The fraction of sp³-hybridized carbons (Fsp3) is 0. The van der Waals surface area contributed by atoms with E-state index in [0.29, 0.717) is 0 Å². The topological polar surface area (TPSA) is 84.3 Å². The molecule has 0 aromatic heterocycles. The number of nitrogens with one attached hydrogen (secondary N) is 2. The average molecular weight is 395 g/mol. The van der Waals surface area contributed by atoms with Gasteiger partial charge in [-0.25, -0.2) is 4.39 Å². The van der Waals surface area contributed by atoms with Gasteiger partial charge >= 0.3 is 0 Å². The molecule has 6 nitrogen and oxygen atoms in total. The van der Waals surface area contributed by atoms with Crippen molar-refractivity contribution in [2.45, 2.75) is 0 Å². The van der Waals surface area contributed by atoms with E-state index < -0.39 is 16.6 Å². The molecule has 0 heterocycles. The van der Waals surface area contributed by atoms with E-state index in [1.165, 1.54) is 6.08 Å². The monoisotopic (exact) mass is 395 g/mol. The summed E-state index contributed by atoms with van der Waals surface area (Å²) in [4.78, 5) is 22.2. The molecule has 3 aromatic rings. The fourth-order valence-corrected chi connectivity index (χ4v) is 2.80. The summed E-state index contributed by atoms with van der Waals surface area (Å²) >= 11 is 4.98. The van der Waals surface area contributed by atoms with E-state index in [4.69, 9.17) is 12.2 Å². The Labute approximate surface area is 164 Å². The van der Waals surface area contributed by atoms with Crippen LogP contribution in [0, 0.1) is 15.9 Å². The van der Waals surface area contributed by atoms with Gasteiger partial charge in [-0.3, -0.25) is 20.2 Å². The van der Waals surface area contributed by atoms with Gasteiger partial charge in [0.05, 0.1) is 10.6 Å². The van der Waals surface area contributed by atoms with E-state index in [1.807, 2.05) is 42.5 Å². The van der Waals surface area contributed by atoms with Crippen molar-refractivity contribution in [2.24, 2.45) is 0 Å². The van der Waals surface area contributed by atoms with Crippen molar-refractivity contribution in [1.82, 2.24) is 5.32 Å². The number of nitro benzene ring substituents is 1. The first-order valence-electron chi connectivity index (χ1n) is 8.16. The molecule has 0 unspecified atom stereocenters. The highest BCUT2D eigenvalue weighted by molar-refractivity contribution is 7.80. The smallest absolute Gasteiger partial charge is 0.271 e. The molecule has 1 amide bonds. The van der Waals surface area contributed by atoms with Crippen LogP contribution in [0.4, 0.5) is 15.8 Å². The Morgan fingerprint density at radius 2 is 1.86 bits per heavy atom. The summed E-state index contributed by atoms with van der Waals surface area (Å²) in [5, 5.41) is 17.5. The summed E-state index contributed by atoms with van der Waals surface area (Å²) in [7, 11) is 0. The third kappa shape index (κ3) is 4.54. The van der Waals surface area contributed by atoms with Gasteiger partial charge in [0.15, 0.2) is 5.11 Å². The normalized spacial score (nSPS) is 10.8. The highest BCUT2D eigenvalue weighted by Crippen LogP contribution is 2.21. The van der Waals surface area contributed by atoms with Gasteiger partial charge in [-0.2, -0.15) is 0 Å². The Morgan fingerprint density at radius 1 is 1.11 bits per heavy atom. The number of fused-ring (bicyclic) bond motifs is 1. The molecule has 8 heteroatoms. The lowest BCUT2D eigenvalue weighted by Crippen LogP contribution is -2.33. The molecule has 140 valence electrons. The number of hydrogen-bond acceptors (Lipinski definition) is 4. The summed E-state index contributed by atoms with van der Waals surface area (Å²) in [5.41, 5.74) is 0.364. The maximum absolute atomic E-state index is 13.8. The molecule has 0 saturated heterocycles. The Bertz CT molecular complexity index is 1110. The molecule has 0 saturated carbocycles. The molecule has 3 aromatic carbocycles. The number of thiocarbonyl (C=S) groups is 1. The summed E-state index contributed by atoms with van der Waals surface area (Å²) in [6.45, 7) is 0. The second kappa shape index (κ2) is 8.36. The van der Waals surface area contributed by atoms with Crippen LogP contribution in [0.5, 0.6) is 0 Å². The van der Waals surface area contributed by atoms with Crippen LogP contribution < -0.4 is 10.6 Å². The van der Waals surface area contributed by atoms with Gasteiger partial charge in [-0.1, -0.05) is 42.5 Å². The first kappa shape index (κ1) is 19.1. The molecule has 2 N–H and O–H groups in total. The van der Waals surface area contributed by atoms with Gasteiger partial charge in [-0.15, -0.1) is 0 Å². The van der Waals surface area contributed by atoms with Crippen LogP contribution in [0.3, 0.4) is 0 Å². The van der Waals surface area contributed by atoms with Crippen molar-refractivity contribution >= 4 is 51.5 Å². The third-order valence-electron chi connectivity index (χ3n) is 3.88. The number of non-ortho nitro benzene ring substituents is 1. The molecular weight excluding hydrogens is 381 g/mol. The number of nitro groups is 1. The van der Waals surface area contributed by atoms with E-state index in [-0.39, 0.29) is 16.5 Å². The van der Waals surface area contributed by atoms with E-state index in [0.717, 1.165) is 34.5 Å². The molecule has 3 rings (SSSR count). The van der Waals surface area contributed by atoms with Crippen LogP contribution in [0.2, 0.25) is 0 Å². The Hall–Kier alpha value is -3.65. The maximum Gasteiger partial charge on any atom is 0.271 e. The van der Waals surface area contributed by atoms with Gasteiger partial charge in [0.25, 0.3) is 5.69 Å². The summed E-state index contributed by atoms with van der Waals surface area (Å²) in [6.07, 6.45) is 2.95. The Kier molecular flexibility index (Phi) is 5.71. The number of nitrogens with zero attached hydrogens (tertiary/aromatic N) is 1. The zero-order chi connectivity index (χ0) is 20.1. The van der Waals surface area contributed by atoms with E-state index >= 15 is 0 Å². The van der Waals surface area contributed by atoms with Crippen molar-refractivity contribution in [1.29, 1.82) is 0 Å². The van der Waals surface area contributed by atoms with Crippen LogP contribution in [0.25, 0.3) is 16.8 Å². The van der Waals surface area contributed by atoms with Gasteiger partial charge in [-0.05, 0) is 40.7 Å². The number of rotatable bonds is 4. The van der Waals surface area contributed by atoms with Crippen LogP contribution in [-0.4, -0.2) is 15.9 Å². The summed E-state index contributed by atoms with van der Waals surface area (Å²) in [5.74, 6) is -1.25. The fourth-order valence-electron chi connectivity index (χ4n) is 2.59.